The zero-order chi connectivity index (χ0) is 13.1. The van der Waals surface area contributed by atoms with E-state index in [1.165, 1.54) is 4.90 Å². The van der Waals surface area contributed by atoms with E-state index in [0.29, 0.717) is 19.6 Å². The summed E-state index contributed by atoms with van der Waals surface area (Å²) < 4.78 is 4.96. The molecular weight excluding hydrogens is 232 g/mol. The van der Waals surface area contributed by atoms with E-state index < -0.39 is 11.9 Å². The van der Waals surface area contributed by atoms with Crippen LogP contribution in [0.2, 0.25) is 0 Å². The van der Waals surface area contributed by atoms with E-state index >= 15 is 0 Å². The van der Waals surface area contributed by atoms with Gasteiger partial charge in [-0.2, -0.15) is 0 Å². The van der Waals surface area contributed by atoms with Crippen molar-refractivity contribution in [2.24, 2.45) is 5.73 Å². The molecule has 0 saturated heterocycles. The fourth-order valence-electron chi connectivity index (χ4n) is 2.29. The van der Waals surface area contributed by atoms with Crippen LogP contribution in [-0.2, 0) is 20.7 Å². The van der Waals surface area contributed by atoms with Gasteiger partial charge in [-0.25, -0.2) is 0 Å². The number of carbonyl (C=O) groups excluding carboxylic acids is 2. The molecule has 0 aliphatic carbocycles. The van der Waals surface area contributed by atoms with Crippen molar-refractivity contribution in [3.63, 3.8) is 0 Å². The number of hydrogen-bond acceptors (Lipinski definition) is 3. The lowest BCUT2D eigenvalue weighted by atomic mass is 9.92. The standard InChI is InChI=1S/C13H16N2O3/c1-18-7-6-15-11(16)8-9-4-2-3-5-10(9)12(15)13(14)17/h2-5,12H,6-8H2,1H3,(H2,14,17). The molecule has 1 unspecified atom stereocenters. The van der Waals surface area contributed by atoms with Crippen LogP contribution in [0.15, 0.2) is 24.3 Å². The van der Waals surface area contributed by atoms with Gasteiger partial charge in [-0.15, -0.1) is 0 Å². The van der Waals surface area contributed by atoms with Crippen LogP contribution >= 0.6 is 0 Å². The van der Waals surface area contributed by atoms with Crippen molar-refractivity contribution >= 4 is 11.8 Å². The minimum Gasteiger partial charge on any atom is -0.383 e. The van der Waals surface area contributed by atoms with Crippen LogP contribution in [0, 0.1) is 0 Å². The lowest BCUT2D eigenvalue weighted by molar-refractivity contribution is -0.141. The molecule has 0 radical (unpaired) electrons. The number of carbonyl (C=O) groups is 2. The molecule has 0 bridgehead atoms. The number of fused-ring (bicyclic) bond motifs is 1. The maximum absolute atomic E-state index is 12.0. The van der Waals surface area contributed by atoms with Crippen LogP contribution in [0.5, 0.6) is 0 Å². The van der Waals surface area contributed by atoms with Gasteiger partial charge in [-0.1, -0.05) is 24.3 Å². The first-order valence-corrected chi connectivity index (χ1v) is 5.80. The number of ether oxygens (including phenoxy) is 1. The fraction of sp³-hybridized carbons (Fsp3) is 0.385. The molecule has 2 N–H and O–H groups in total. The highest BCUT2D eigenvalue weighted by molar-refractivity contribution is 5.91. The third-order valence-corrected chi connectivity index (χ3v) is 3.13. The van der Waals surface area contributed by atoms with Crippen molar-refractivity contribution in [3.8, 4) is 0 Å². The Bertz CT molecular complexity index is 473. The Kier molecular flexibility index (Phi) is 3.62. The molecule has 1 aliphatic heterocycles. The van der Waals surface area contributed by atoms with Gasteiger partial charge in [-0.05, 0) is 11.1 Å². The molecule has 1 aromatic rings. The van der Waals surface area contributed by atoms with E-state index in [1.54, 1.807) is 7.11 Å². The molecule has 2 rings (SSSR count). The monoisotopic (exact) mass is 248 g/mol. The zero-order valence-electron chi connectivity index (χ0n) is 10.3. The van der Waals surface area contributed by atoms with E-state index in [4.69, 9.17) is 10.5 Å². The molecule has 18 heavy (non-hydrogen) atoms. The van der Waals surface area contributed by atoms with Crippen molar-refractivity contribution in [1.29, 1.82) is 0 Å². The topological polar surface area (TPSA) is 72.6 Å². The van der Waals surface area contributed by atoms with E-state index in [-0.39, 0.29) is 5.91 Å². The quantitative estimate of drug-likeness (QED) is 0.829. The van der Waals surface area contributed by atoms with Crippen molar-refractivity contribution in [2.45, 2.75) is 12.5 Å². The van der Waals surface area contributed by atoms with Crippen LogP contribution in [0.4, 0.5) is 0 Å². The highest BCUT2D eigenvalue weighted by Gasteiger charge is 2.35. The number of methoxy groups -OCH3 is 1. The Morgan fingerprint density at radius 1 is 1.50 bits per heavy atom. The molecule has 0 aromatic heterocycles. The Hall–Kier alpha value is -1.88. The van der Waals surface area contributed by atoms with Gasteiger partial charge in [0.25, 0.3) is 0 Å². The summed E-state index contributed by atoms with van der Waals surface area (Å²) in [4.78, 5) is 25.2. The fourth-order valence-corrected chi connectivity index (χ4v) is 2.29. The van der Waals surface area contributed by atoms with Crippen molar-refractivity contribution in [1.82, 2.24) is 4.90 Å². The van der Waals surface area contributed by atoms with Gasteiger partial charge in [-0.3, -0.25) is 9.59 Å². The van der Waals surface area contributed by atoms with E-state index in [0.717, 1.165) is 11.1 Å². The summed E-state index contributed by atoms with van der Waals surface area (Å²) in [5.41, 5.74) is 7.13. The van der Waals surface area contributed by atoms with Crippen molar-refractivity contribution in [3.05, 3.63) is 35.4 Å². The number of primary amides is 1. The van der Waals surface area contributed by atoms with E-state index in [9.17, 15) is 9.59 Å². The largest absolute Gasteiger partial charge is 0.383 e. The van der Waals surface area contributed by atoms with Gasteiger partial charge >= 0.3 is 0 Å². The third-order valence-electron chi connectivity index (χ3n) is 3.13. The smallest absolute Gasteiger partial charge is 0.244 e. The molecule has 0 spiro atoms. The summed E-state index contributed by atoms with van der Waals surface area (Å²) in [5.74, 6) is -0.596. The first kappa shape index (κ1) is 12.6. The minimum absolute atomic E-state index is 0.0884. The number of benzene rings is 1. The highest BCUT2D eigenvalue weighted by atomic mass is 16.5. The predicted octanol–water partition coefficient (Wildman–Crippen LogP) is 0.244. The second-order valence-corrected chi connectivity index (χ2v) is 4.26. The van der Waals surface area contributed by atoms with Gasteiger partial charge in [0.15, 0.2) is 0 Å². The zero-order valence-corrected chi connectivity index (χ0v) is 10.3. The van der Waals surface area contributed by atoms with Gasteiger partial charge < -0.3 is 15.4 Å². The minimum atomic E-state index is -0.683. The Balaban J connectivity index is 2.37. The molecular formula is C13H16N2O3. The molecule has 0 saturated carbocycles. The van der Waals surface area contributed by atoms with Crippen LogP contribution in [0.1, 0.15) is 17.2 Å². The molecule has 1 atom stereocenters. The first-order valence-electron chi connectivity index (χ1n) is 5.80. The molecule has 1 aliphatic rings. The Labute approximate surface area is 106 Å². The van der Waals surface area contributed by atoms with Gasteiger partial charge in [0.1, 0.15) is 6.04 Å². The normalized spacial score (nSPS) is 18.6. The molecule has 5 nitrogen and oxygen atoms in total. The molecule has 5 heteroatoms. The summed E-state index contributed by atoms with van der Waals surface area (Å²) in [5, 5.41) is 0. The van der Waals surface area contributed by atoms with Gasteiger partial charge in [0.05, 0.1) is 13.0 Å². The summed E-state index contributed by atoms with van der Waals surface area (Å²) >= 11 is 0. The number of hydrogen-bond donors (Lipinski definition) is 1. The summed E-state index contributed by atoms with van der Waals surface area (Å²) in [6.45, 7) is 0.759. The Morgan fingerprint density at radius 3 is 2.89 bits per heavy atom. The maximum atomic E-state index is 12.0. The number of rotatable bonds is 4. The maximum Gasteiger partial charge on any atom is 0.244 e. The van der Waals surface area contributed by atoms with Crippen molar-refractivity contribution in [2.75, 3.05) is 20.3 Å². The molecule has 1 heterocycles. The van der Waals surface area contributed by atoms with Crippen molar-refractivity contribution < 1.29 is 14.3 Å². The first-order chi connectivity index (χ1) is 8.65. The lowest BCUT2D eigenvalue weighted by Gasteiger charge is -2.35. The summed E-state index contributed by atoms with van der Waals surface area (Å²) in [6.07, 6.45) is 0.309. The molecule has 1 aromatic carbocycles. The summed E-state index contributed by atoms with van der Waals surface area (Å²) in [6, 6.07) is 6.72. The molecule has 2 amide bonds. The molecule has 96 valence electrons. The number of amides is 2. The lowest BCUT2D eigenvalue weighted by Crippen LogP contribution is -2.47. The highest BCUT2D eigenvalue weighted by Crippen LogP contribution is 2.29. The van der Waals surface area contributed by atoms with Crippen LogP contribution < -0.4 is 5.73 Å². The second-order valence-electron chi connectivity index (χ2n) is 4.26. The van der Waals surface area contributed by atoms with Gasteiger partial charge in [0, 0.05) is 13.7 Å². The number of nitrogens with zero attached hydrogens (tertiary/aromatic N) is 1. The average molecular weight is 248 g/mol. The van der Waals surface area contributed by atoms with E-state index in [1.807, 2.05) is 24.3 Å². The average Bonchev–Trinajstić information content (AvgIpc) is 2.35. The predicted molar refractivity (Wildman–Crippen MR) is 65.7 cm³/mol. The van der Waals surface area contributed by atoms with E-state index in [2.05, 4.69) is 0 Å². The third kappa shape index (κ3) is 2.22. The number of nitrogens with two attached hydrogens (primary N) is 1. The Morgan fingerprint density at radius 2 is 2.22 bits per heavy atom. The van der Waals surface area contributed by atoms with Gasteiger partial charge in [0.2, 0.25) is 11.8 Å². The van der Waals surface area contributed by atoms with Crippen LogP contribution in [0.25, 0.3) is 0 Å². The van der Waals surface area contributed by atoms with Crippen LogP contribution in [0.3, 0.4) is 0 Å². The molecule has 0 fully saturated rings. The summed E-state index contributed by atoms with van der Waals surface area (Å²) in [7, 11) is 1.56. The van der Waals surface area contributed by atoms with Crippen LogP contribution in [-0.4, -0.2) is 37.0 Å². The second kappa shape index (κ2) is 5.18. The SMILES string of the molecule is COCCN1C(=O)Cc2ccccc2C1C(N)=O.